The Labute approximate surface area is 91.6 Å². The van der Waals surface area contributed by atoms with Gasteiger partial charge in [-0.1, -0.05) is 12.1 Å². The van der Waals surface area contributed by atoms with Gasteiger partial charge in [-0.25, -0.2) is 0 Å². The van der Waals surface area contributed by atoms with Gasteiger partial charge < -0.3 is 4.74 Å². The van der Waals surface area contributed by atoms with Gasteiger partial charge in [0.25, 0.3) is 0 Å². The van der Waals surface area contributed by atoms with E-state index in [0.29, 0.717) is 11.6 Å². The average molecular weight is 225 g/mol. The SMILES string of the molecule is COc1ccccc1-n1nnnc1CCl. The summed E-state index contributed by atoms with van der Waals surface area (Å²) in [5, 5.41) is 11.2. The van der Waals surface area contributed by atoms with E-state index < -0.39 is 0 Å². The van der Waals surface area contributed by atoms with Crippen molar-refractivity contribution in [3.05, 3.63) is 30.1 Å². The number of tetrazole rings is 1. The Bertz CT molecular complexity index is 457. The molecule has 0 N–H and O–H groups in total. The van der Waals surface area contributed by atoms with Gasteiger partial charge in [0.05, 0.1) is 13.0 Å². The molecule has 0 bridgehead atoms. The monoisotopic (exact) mass is 224 g/mol. The fourth-order valence-corrected chi connectivity index (χ4v) is 1.45. The van der Waals surface area contributed by atoms with Crippen LogP contribution in [-0.4, -0.2) is 27.3 Å². The van der Waals surface area contributed by atoms with Crippen LogP contribution in [0.15, 0.2) is 24.3 Å². The number of halogens is 1. The van der Waals surface area contributed by atoms with Crippen molar-refractivity contribution in [3.63, 3.8) is 0 Å². The maximum atomic E-state index is 5.71. The van der Waals surface area contributed by atoms with Crippen molar-refractivity contribution in [1.29, 1.82) is 0 Å². The third kappa shape index (κ3) is 1.78. The van der Waals surface area contributed by atoms with Gasteiger partial charge in [0.2, 0.25) is 0 Å². The number of para-hydroxylation sites is 2. The van der Waals surface area contributed by atoms with Crippen molar-refractivity contribution >= 4 is 11.6 Å². The molecule has 0 aliphatic rings. The van der Waals surface area contributed by atoms with Crippen molar-refractivity contribution < 1.29 is 4.74 Å². The van der Waals surface area contributed by atoms with Crippen LogP contribution in [-0.2, 0) is 5.88 Å². The van der Waals surface area contributed by atoms with E-state index in [1.54, 1.807) is 11.8 Å². The number of aromatic nitrogens is 4. The van der Waals surface area contributed by atoms with E-state index in [0.717, 1.165) is 5.69 Å². The molecule has 6 heteroatoms. The van der Waals surface area contributed by atoms with Crippen molar-refractivity contribution in [3.8, 4) is 11.4 Å². The lowest BCUT2D eigenvalue weighted by atomic mass is 10.3. The zero-order chi connectivity index (χ0) is 10.7. The van der Waals surface area contributed by atoms with E-state index in [1.807, 2.05) is 24.3 Å². The Hall–Kier alpha value is -1.62. The third-order valence-electron chi connectivity index (χ3n) is 1.97. The Balaban J connectivity index is 2.53. The summed E-state index contributed by atoms with van der Waals surface area (Å²) in [6.45, 7) is 0. The molecule has 0 aliphatic heterocycles. The minimum absolute atomic E-state index is 0.255. The summed E-state index contributed by atoms with van der Waals surface area (Å²) in [7, 11) is 1.60. The summed E-state index contributed by atoms with van der Waals surface area (Å²) in [6, 6.07) is 7.48. The molecule has 0 spiro atoms. The van der Waals surface area contributed by atoms with Gasteiger partial charge in [-0.15, -0.1) is 16.7 Å². The number of nitrogens with zero attached hydrogens (tertiary/aromatic N) is 4. The molecule has 2 rings (SSSR count). The number of hydrogen-bond donors (Lipinski definition) is 0. The number of methoxy groups -OCH3 is 1. The van der Waals surface area contributed by atoms with Crippen LogP contribution >= 0.6 is 11.6 Å². The first-order valence-electron chi connectivity index (χ1n) is 4.33. The van der Waals surface area contributed by atoms with Crippen molar-refractivity contribution in [2.24, 2.45) is 0 Å². The standard InChI is InChI=1S/C9H9ClN4O/c1-15-8-5-3-2-4-7(8)14-9(6-10)11-12-13-14/h2-5H,6H2,1H3. The number of hydrogen-bond acceptors (Lipinski definition) is 4. The summed E-state index contributed by atoms with van der Waals surface area (Å²) in [5.74, 6) is 1.54. The summed E-state index contributed by atoms with van der Waals surface area (Å²) in [6.07, 6.45) is 0. The topological polar surface area (TPSA) is 52.8 Å². The van der Waals surface area contributed by atoms with E-state index >= 15 is 0 Å². The third-order valence-corrected chi connectivity index (χ3v) is 2.21. The molecule has 1 aromatic carbocycles. The Morgan fingerprint density at radius 2 is 2.20 bits per heavy atom. The molecule has 0 unspecified atom stereocenters. The summed E-state index contributed by atoms with van der Waals surface area (Å²) in [5.41, 5.74) is 0.778. The fraction of sp³-hybridized carbons (Fsp3) is 0.222. The van der Waals surface area contributed by atoms with Crippen LogP contribution in [0, 0.1) is 0 Å². The molecule has 0 amide bonds. The van der Waals surface area contributed by atoms with Crippen molar-refractivity contribution in [1.82, 2.24) is 20.2 Å². The first-order chi connectivity index (χ1) is 7.36. The minimum Gasteiger partial charge on any atom is -0.494 e. The smallest absolute Gasteiger partial charge is 0.171 e. The van der Waals surface area contributed by atoms with E-state index in [1.165, 1.54) is 0 Å². The van der Waals surface area contributed by atoms with Crippen molar-refractivity contribution in [2.75, 3.05) is 7.11 Å². The first kappa shape index (κ1) is 9.92. The molecule has 5 nitrogen and oxygen atoms in total. The van der Waals surface area contributed by atoms with Crippen LogP contribution in [0.4, 0.5) is 0 Å². The molecule has 2 aromatic rings. The number of alkyl halides is 1. The van der Waals surface area contributed by atoms with Gasteiger partial charge in [-0.2, -0.15) is 4.68 Å². The maximum Gasteiger partial charge on any atom is 0.171 e. The Morgan fingerprint density at radius 3 is 2.93 bits per heavy atom. The predicted octanol–water partition coefficient (Wildman–Crippen LogP) is 1.41. The molecular weight excluding hydrogens is 216 g/mol. The molecule has 0 atom stereocenters. The molecule has 0 radical (unpaired) electrons. The largest absolute Gasteiger partial charge is 0.494 e. The lowest BCUT2D eigenvalue weighted by Gasteiger charge is -2.07. The van der Waals surface area contributed by atoms with Gasteiger partial charge in [0.15, 0.2) is 5.82 Å². The van der Waals surface area contributed by atoms with Gasteiger partial charge in [0.1, 0.15) is 11.4 Å². The highest BCUT2D eigenvalue weighted by Gasteiger charge is 2.10. The first-order valence-corrected chi connectivity index (χ1v) is 4.87. The molecular formula is C9H9ClN4O. The Kier molecular flexibility index (Phi) is 2.82. The summed E-state index contributed by atoms with van der Waals surface area (Å²) < 4.78 is 6.77. The molecule has 1 aromatic heterocycles. The van der Waals surface area contributed by atoms with E-state index in [2.05, 4.69) is 15.5 Å². The molecule has 0 aliphatic carbocycles. The van der Waals surface area contributed by atoms with Crippen LogP contribution in [0.5, 0.6) is 5.75 Å². The van der Waals surface area contributed by atoms with Gasteiger partial charge >= 0.3 is 0 Å². The lowest BCUT2D eigenvalue weighted by molar-refractivity contribution is 0.411. The summed E-state index contributed by atoms with van der Waals surface area (Å²) in [4.78, 5) is 0. The summed E-state index contributed by atoms with van der Waals surface area (Å²) >= 11 is 5.71. The van der Waals surface area contributed by atoms with Crippen LogP contribution in [0.2, 0.25) is 0 Å². The van der Waals surface area contributed by atoms with E-state index in [-0.39, 0.29) is 5.88 Å². The van der Waals surface area contributed by atoms with Gasteiger partial charge in [0, 0.05) is 0 Å². The maximum absolute atomic E-state index is 5.71. The molecule has 1 heterocycles. The Morgan fingerprint density at radius 1 is 1.40 bits per heavy atom. The molecule has 0 saturated carbocycles. The minimum atomic E-state index is 0.255. The van der Waals surface area contributed by atoms with Crippen LogP contribution in [0.3, 0.4) is 0 Å². The normalized spacial score (nSPS) is 10.3. The number of benzene rings is 1. The average Bonchev–Trinajstić information content (AvgIpc) is 2.76. The van der Waals surface area contributed by atoms with Gasteiger partial charge in [-0.3, -0.25) is 0 Å². The number of rotatable bonds is 3. The lowest BCUT2D eigenvalue weighted by Crippen LogP contribution is -2.03. The van der Waals surface area contributed by atoms with E-state index in [9.17, 15) is 0 Å². The highest BCUT2D eigenvalue weighted by molar-refractivity contribution is 6.16. The second-order valence-electron chi connectivity index (χ2n) is 2.81. The zero-order valence-electron chi connectivity index (χ0n) is 8.09. The molecule has 78 valence electrons. The number of ether oxygens (including phenoxy) is 1. The molecule has 0 fully saturated rings. The van der Waals surface area contributed by atoms with Gasteiger partial charge in [-0.05, 0) is 22.6 Å². The second kappa shape index (κ2) is 4.27. The van der Waals surface area contributed by atoms with E-state index in [4.69, 9.17) is 16.3 Å². The highest BCUT2D eigenvalue weighted by atomic mass is 35.5. The highest BCUT2D eigenvalue weighted by Crippen LogP contribution is 2.21. The second-order valence-corrected chi connectivity index (χ2v) is 3.08. The quantitative estimate of drug-likeness (QED) is 0.740. The fourth-order valence-electron chi connectivity index (χ4n) is 1.28. The van der Waals surface area contributed by atoms with Crippen LogP contribution in [0.1, 0.15) is 5.82 Å². The molecule has 15 heavy (non-hydrogen) atoms. The predicted molar refractivity (Wildman–Crippen MR) is 55.3 cm³/mol. The van der Waals surface area contributed by atoms with Crippen LogP contribution < -0.4 is 4.74 Å². The zero-order valence-corrected chi connectivity index (χ0v) is 8.85. The van der Waals surface area contributed by atoms with Crippen LogP contribution in [0.25, 0.3) is 5.69 Å². The van der Waals surface area contributed by atoms with Crippen molar-refractivity contribution in [2.45, 2.75) is 5.88 Å². The molecule has 0 saturated heterocycles.